The molecule has 25 heavy (non-hydrogen) atoms. The largest absolute Gasteiger partial charge is 3.00 e. The summed E-state index contributed by atoms with van der Waals surface area (Å²) < 4.78 is 0. The Labute approximate surface area is 172 Å². The van der Waals surface area contributed by atoms with E-state index in [9.17, 15) is 4.79 Å². The second-order valence-corrected chi connectivity index (χ2v) is 6.43. The van der Waals surface area contributed by atoms with Gasteiger partial charge in [-0.25, -0.2) is 0 Å². The van der Waals surface area contributed by atoms with E-state index in [0.717, 1.165) is 13.0 Å². The number of nitrogens with zero attached hydrogens (tertiary/aromatic N) is 1. The third-order valence-electron chi connectivity index (χ3n) is 4.27. The fraction of sp³-hybridized carbons (Fsp3) is 0.900. The molecule has 0 bridgehead atoms. The smallest absolute Gasteiger partial charge is 0.693 e. The van der Waals surface area contributed by atoms with Crippen molar-refractivity contribution in [3.05, 3.63) is 19.0 Å². The van der Waals surface area contributed by atoms with E-state index in [0.29, 0.717) is 6.41 Å². The van der Waals surface area contributed by atoms with Gasteiger partial charge < -0.3 is 24.4 Å². The van der Waals surface area contributed by atoms with Crippen molar-refractivity contribution in [2.24, 2.45) is 0 Å². The minimum atomic E-state index is 0. The molecule has 5 heteroatoms. The van der Waals surface area contributed by atoms with Crippen molar-refractivity contribution in [2.75, 3.05) is 6.54 Å². The van der Waals surface area contributed by atoms with Crippen LogP contribution in [0.3, 0.4) is 0 Å². The maximum Gasteiger partial charge on any atom is 3.00 e. The van der Waals surface area contributed by atoms with Crippen LogP contribution in [0.2, 0.25) is 0 Å². The van der Waals surface area contributed by atoms with Gasteiger partial charge in [0, 0.05) is 0 Å². The minimum absolute atomic E-state index is 0. The first-order valence-corrected chi connectivity index (χ1v) is 9.77. The topological polar surface area (TPSA) is 76.7 Å². The standard InChI is InChI=1S/C19H39N2O.CH3.Ir.H2N/c1-2-3-4-5-6-7-8-9-10-11-12-13-14-15-16-17-18-20-21-19-22;;;/h19H,2-18H2,1H3,(H,21,22);1H3;;1H2/q2*-1;+3;-1. The quantitative estimate of drug-likeness (QED) is 0.0794. The molecule has 0 aliphatic rings. The van der Waals surface area contributed by atoms with Crippen LogP contribution in [-0.2, 0) is 24.9 Å². The van der Waals surface area contributed by atoms with E-state index in [2.05, 4.69) is 17.8 Å². The molecule has 0 aromatic carbocycles. The van der Waals surface area contributed by atoms with Crippen molar-refractivity contribution in [1.29, 1.82) is 0 Å². The summed E-state index contributed by atoms with van der Waals surface area (Å²) in [7, 11) is 0. The monoisotopic (exact) mass is 535 g/mol. The molecule has 0 saturated heterocycles. The Balaban J connectivity index is -0.000000735. The summed E-state index contributed by atoms with van der Waals surface area (Å²) in [6, 6.07) is 0. The Morgan fingerprint density at radius 3 is 1.32 bits per heavy atom. The fourth-order valence-electron chi connectivity index (χ4n) is 2.84. The number of unbranched alkanes of at least 4 members (excludes halogenated alkanes) is 15. The van der Waals surface area contributed by atoms with Crippen molar-refractivity contribution in [3.8, 4) is 0 Å². The average molecular weight is 535 g/mol. The van der Waals surface area contributed by atoms with Crippen LogP contribution in [0.25, 0.3) is 11.6 Å². The molecule has 0 aliphatic carbocycles. The Morgan fingerprint density at radius 1 is 0.680 bits per heavy atom. The third kappa shape index (κ3) is 32.2. The van der Waals surface area contributed by atoms with Gasteiger partial charge in [0.15, 0.2) is 6.41 Å². The zero-order valence-corrected chi connectivity index (χ0v) is 19.3. The molecule has 0 radical (unpaired) electrons. The number of hydrogen-bond acceptors (Lipinski definition) is 1. The molecular formula is C20H44IrN3O. The molecule has 3 N–H and O–H groups in total. The molecule has 0 atom stereocenters. The second-order valence-electron chi connectivity index (χ2n) is 6.43. The van der Waals surface area contributed by atoms with Crippen LogP contribution < -0.4 is 5.43 Å². The summed E-state index contributed by atoms with van der Waals surface area (Å²) in [6.45, 7) is 3.04. The average Bonchev–Trinajstić information content (AvgIpc) is 2.54. The molecule has 154 valence electrons. The first kappa shape index (κ1) is 32.7. The number of carbonyl (C=O) groups is 1. The van der Waals surface area contributed by atoms with Gasteiger partial charge in [0.25, 0.3) is 0 Å². The van der Waals surface area contributed by atoms with E-state index < -0.39 is 0 Å². The SMILES string of the molecule is CCCCCCCCCCCCCCCCCC[N-]NC=O.[CH3-].[Ir+3].[NH2-]. The van der Waals surface area contributed by atoms with Crippen LogP contribution in [0.4, 0.5) is 0 Å². The summed E-state index contributed by atoms with van der Waals surface area (Å²) in [5.74, 6) is 0. The molecule has 0 rings (SSSR count). The Bertz CT molecular complexity index is 219. The Morgan fingerprint density at radius 2 is 1.00 bits per heavy atom. The number of amides is 1. The molecule has 1 amide bonds. The summed E-state index contributed by atoms with van der Waals surface area (Å²) in [5.41, 5.74) is 6.22. The van der Waals surface area contributed by atoms with Gasteiger partial charge in [0.05, 0.1) is 0 Å². The van der Waals surface area contributed by atoms with Gasteiger partial charge in [-0.1, -0.05) is 110 Å². The summed E-state index contributed by atoms with van der Waals surface area (Å²) in [4.78, 5) is 9.97. The molecule has 0 unspecified atom stereocenters. The van der Waals surface area contributed by atoms with Gasteiger partial charge in [-0.2, -0.15) is 0 Å². The van der Waals surface area contributed by atoms with Crippen LogP contribution in [0.1, 0.15) is 110 Å². The van der Waals surface area contributed by atoms with Gasteiger partial charge in [0.2, 0.25) is 0 Å². The van der Waals surface area contributed by atoms with Gasteiger partial charge >= 0.3 is 20.1 Å². The Kier molecular flexibility index (Phi) is 41.5. The van der Waals surface area contributed by atoms with Crippen LogP contribution in [0.5, 0.6) is 0 Å². The zero-order valence-electron chi connectivity index (χ0n) is 16.9. The van der Waals surface area contributed by atoms with Crippen molar-refractivity contribution in [3.63, 3.8) is 0 Å². The molecule has 0 heterocycles. The first-order valence-electron chi connectivity index (χ1n) is 9.77. The minimum Gasteiger partial charge on any atom is -0.693 e. The molecule has 0 aromatic rings. The van der Waals surface area contributed by atoms with Crippen molar-refractivity contribution < 1.29 is 24.9 Å². The molecule has 0 aromatic heterocycles. The molecule has 0 fully saturated rings. The fourth-order valence-corrected chi connectivity index (χ4v) is 2.84. The summed E-state index contributed by atoms with van der Waals surface area (Å²) in [6.07, 6.45) is 22.8. The molecule has 0 aliphatic heterocycles. The Hall–Kier alpha value is 0.0394. The number of rotatable bonds is 19. The molecular weight excluding hydrogens is 490 g/mol. The predicted octanol–water partition coefficient (Wildman–Crippen LogP) is 7.45. The first-order chi connectivity index (χ1) is 10.9. The van der Waals surface area contributed by atoms with Crippen molar-refractivity contribution in [2.45, 2.75) is 110 Å². The van der Waals surface area contributed by atoms with E-state index in [1.54, 1.807) is 0 Å². The van der Waals surface area contributed by atoms with E-state index >= 15 is 0 Å². The number of nitrogens with two attached hydrogens (primary N) is 1. The predicted molar refractivity (Wildman–Crippen MR) is 109 cm³/mol. The molecule has 4 nitrogen and oxygen atoms in total. The van der Waals surface area contributed by atoms with Gasteiger partial charge in [-0.15, -0.1) is 6.54 Å². The third-order valence-corrected chi connectivity index (χ3v) is 4.27. The van der Waals surface area contributed by atoms with E-state index in [1.165, 1.54) is 96.3 Å². The molecule has 0 saturated carbocycles. The van der Waals surface area contributed by atoms with Gasteiger partial charge in [-0.3, -0.25) is 4.79 Å². The van der Waals surface area contributed by atoms with Gasteiger partial charge in [-0.05, 0) is 0 Å². The molecule has 0 spiro atoms. The van der Waals surface area contributed by atoms with Gasteiger partial charge in [0.1, 0.15) is 0 Å². The number of nitrogens with one attached hydrogen (secondary N) is 1. The van der Waals surface area contributed by atoms with Crippen LogP contribution in [0, 0.1) is 7.43 Å². The van der Waals surface area contributed by atoms with Crippen LogP contribution in [0.15, 0.2) is 0 Å². The van der Waals surface area contributed by atoms with Crippen LogP contribution in [-0.4, -0.2) is 13.0 Å². The van der Waals surface area contributed by atoms with E-state index in [1.807, 2.05) is 0 Å². The van der Waals surface area contributed by atoms with Crippen molar-refractivity contribution >= 4 is 6.41 Å². The normalized spacial score (nSPS) is 9.48. The van der Waals surface area contributed by atoms with E-state index in [-0.39, 0.29) is 33.7 Å². The van der Waals surface area contributed by atoms with E-state index in [4.69, 9.17) is 0 Å². The second kappa shape index (κ2) is 31.8. The number of hydrogen-bond donors (Lipinski definition) is 1. The number of carbonyl (C=O) groups excluding carboxylic acids is 1. The maximum absolute atomic E-state index is 9.97. The van der Waals surface area contributed by atoms with Crippen molar-refractivity contribution in [1.82, 2.24) is 5.43 Å². The van der Waals surface area contributed by atoms with Crippen LogP contribution >= 0.6 is 0 Å². The zero-order chi connectivity index (χ0) is 16.1. The summed E-state index contributed by atoms with van der Waals surface area (Å²) in [5, 5.41) is 0. The maximum atomic E-state index is 9.97. The summed E-state index contributed by atoms with van der Waals surface area (Å²) >= 11 is 0.